The van der Waals surface area contributed by atoms with Gasteiger partial charge in [-0.05, 0) is 39.2 Å². The maximum atomic E-state index is 12.5. The van der Waals surface area contributed by atoms with Gasteiger partial charge in [-0.3, -0.25) is 4.79 Å². The average molecular weight is 390 g/mol. The molecule has 7 nitrogen and oxygen atoms in total. The molecule has 1 aromatic rings. The van der Waals surface area contributed by atoms with Crippen LogP contribution in [-0.4, -0.2) is 70.4 Å². The number of nitrogens with zero attached hydrogens (tertiary/aromatic N) is 2. The summed E-state index contributed by atoms with van der Waals surface area (Å²) in [5, 5.41) is 10.3. The van der Waals surface area contributed by atoms with Crippen molar-refractivity contribution in [3.63, 3.8) is 0 Å². The lowest BCUT2D eigenvalue weighted by Gasteiger charge is -2.37. The molecule has 2 fully saturated rings. The number of ether oxygens (including phenoxy) is 2. The van der Waals surface area contributed by atoms with Crippen molar-refractivity contribution in [3.8, 4) is 0 Å². The molecule has 0 aliphatic carbocycles. The molecule has 2 atom stereocenters. The fourth-order valence-corrected chi connectivity index (χ4v) is 3.65. The molecule has 0 aromatic heterocycles. The molecule has 154 valence electrons. The summed E-state index contributed by atoms with van der Waals surface area (Å²) in [5.41, 5.74) is 0.484. The lowest BCUT2D eigenvalue weighted by Crippen LogP contribution is -2.49. The normalized spacial score (nSPS) is 23.9. The van der Waals surface area contributed by atoms with E-state index in [2.05, 4.69) is 0 Å². The number of hydrogen-bond donors (Lipinski definition) is 1. The van der Waals surface area contributed by atoms with Crippen LogP contribution in [0.4, 0.5) is 4.79 Å². The van der Waals surface area contributed by atoms with E-state index >= 15 is 0 Å². The quantitative estimate of drug-likeness (QED) is 0.852. The van der Waals surface area contributed by atoms with E-state index in [1.165, 1.54) is 0 Å². The van der Waals surface area contributed by atoms with Gasteiger partial charge >= 0.3 is 6.09 Å². The van der Waals surface area contributed by atoms with E-state index in [0.717, 1.165) is 5.56 Å². The fourth-order valence-electron chi connectivity index (χ4n) is 3.65. The Kier molecular flexibility index (Phi) is 6.25. The minimum atomic E-state index is -1.13. The van der Waals surface area contributed by atoms with Gasteiger partial charge in [0.2, 0.25) is 0 Å². The van der Waals surface area contributed by atoms with Gasteiger partial charge in [-0.1, -0.05) is 30.3 Å². The summed E-state index contributed by atoms with van der Waals surface area (Å²) in [6.07, 6.45) is -0.640. The maximum Gasteiger partial charge on any atom is 0.410 e. The lowest BCUT2D eigenvalue weighted by atomic mass is 10.0. The van der Waals surface area contributed by atoms with Gasteiger partial charge in [0.25, 0.3) is 5.91 Å². The first-order valence-electron chi connectivity index (χ1n) is 9.86. The molecule has 3 rings (SSSR count). The fraction of sp³-hybridized carbons (Fsp3) is 0.619. The summed E-state index contributed by atoms with van der Waals surface area (Å²) in [7, 11) is 0. The molecule has 2 unspecified atom stereocenters. The maximum absolute atomic E-state index is 12.5. The summed E-state index contributed by atoms with van der Waals surface area (Å²) < 4.78 is 11.2. The third-order valence-electron chi connectivity index (χ3n) is 5.13. The summed E-state index contributed by atoms with van der Waals surface area (Å²) in [5.74, 6) is -0.284. The second-order valence-corrected chi connectivity index (χ2v) is 8.47. The van der Waals surface area contributed by atoms with Gasteiger partial charge in [0.15, 0.2) is 6.10 Å². The number of piperidine rings is 1. The van der Waals surface area contributed by atoms with Crippen molar-refractivity contribution in [3.05, 3.63) is 35.9 Å². The Bertz CT molecular complexity index is 680. The van der Waals surface area contributed by atoms with Crippen LogP contribution in [0.25, 0.3) is 0 Å². The Morgan fingerprint density at radius 2 is 1.82 bits per heavy atom. The number of rotatable bonds is 4. The van der Waals surface area contributed by atoms with Crippen molar-refractivity contribution in [2.75, 3.05) is 19.6 Å². The number of amides is 2. The third kappa shape index (κ3) is 5.02. The van der Waals surface area contributed by atoms with Crippen molar-refractivity contribution >= 4 is 12.0 Å². The minimum absolute atomic E-state index is 0.00571. The standard InChI is InChI=1S/C21H30N2O5/c1-21(2,3)28-20(26)22-11-9-16(10-12-22)23-13-17(18(24)19(23)25)27-14-15-7-5-4-6-8-15/h4-8,16-18,24H,9-14H2,1-3H3. The van der Waals surface area contributed by atoms with Gasteiger partial charge in [0.1, 0.15) is 11.7 Å². The van der Waals surface area contributed by atoms with Gasteiger partial charge < -0.3 is 24.4 Å². The zero-order valence-corrected chi connectivity index (χ0v) is 16.8. The summed E-state index contributed by atoms with van der Waals surface area (Å²) in [6, 6.07) is 9.70. The predicted octanol–water partition coefficient (Wildman–Crippen LogP) is 2.17. The Labute approximate surface area is 166 Å². The molecular formula is C21H30N2O5. The Morgan fingerprint density at radius 1 is 1.18 bits per heavy atom. The summed E-state index contributed by atoms with van der Waals surface area (Å²) >= 11 is 0. The number of carbonyl (C=O) groups is 2. The second-order valence-electron chi connectivity index (χ2n) is 8.47. The first-order valence-corrected chi connectivity index (χ1v) is 9.86. The highest BCUT2D eigenvalue weighted by Crippen LogP contribution is 2.25. The minimum Gasteiger partial charge on any atom is -0.444 e. The van der Waals surface area contributed by atoms with E-state index < -0.39 is 17.8 Å². The number of likely N-dealkylation sites (tertiary alicyclic amines) is 2. The van der Waals surface area contributed by atoms with Crippen LogP contribution < -0.4 is 0 Å². The molecule has 2 aliphatic heterocycles. The summed E-state index contributed by atoms with van der Waals surface area (Å²) in [6.45, 7) is 7.35. The van der Waals surface area contributed by atoms with Crippen molar-refractivity contribution in [1.29, 1.82) is 0 Å². The SMILES string of the molecule is CC(C)(C)OC(=O)N1CCC(N2CC(OCc3ccccc3)C(O)C2=O)CC1. The van der Waals surface area contributed by atoms with Gasteiger partial charge in [-0.2, -0.15) is 0 Å². The van der Waals surface area contributed by atoms with E-state index in [-0.39, 0.29) is 18.0 Å². The zero-order valence-electron chi connectivity index (χ0n) is 16.8. The molecule has 2 amide bonds. The molecule has 7 heteroatoms. The first-order chi connectivity index (χ1) is 13.2. The Hall–Kier alpha value is -2.12. The van der Waals surface area contributed by atoms with Gasteiger partial charge in [0, 0.05) is 19.1 Å². The van der Waals surface area contributed by atoms with Crippen LogP contribution >= 0.6 is 0 Å². The zero-order chi connectivity index (χ0) is 20.3. The van der Waals surface area contributed by atoms with Gasteiger partial charge in [-0.15, -0.1) is 0 Å². The highest BCUT2D eigenvalue weighted by Gasteiger charge is 2.44. The van der Waals surface area contributed by atoms with E-state index in [0.29, 0.717) is 39.1 Å². The van der Waals surface area contributed by atoms with Gasteiger partial charge in [0.05, 0.1) is 13.2 Å². The van der Waals surface area contributed by atoms with Crippen LogP contribution in [0.3, 0.4) is 0 Å². The molecular weight excluding hydrogens is 360 g/mol. The second kappa shape index (κ2) is 8.49. The molecule has 1 aromatic carbocycles. The Morgan fingerprint density at radius 3 is 2.43 bits per heavy atom. The molecule has 1 N–H and O–H groups in total. The van der Waals surface area contributed by atoms with E-state index in [9.17, 15) is 14.7 Å². The molecule has 0 bridgehead atoms. The first kappa shape index (κ1) is 20.6. The van der Waals surface area contributed by atoms with Crippen molar-refractivity contribution in [2.45, 2.75) is 64.1 Å². The highest BCUT2D eigenvalue weighted by molar-refractivity contribution is 5.84. The molecule has 2 heterocycles. The topological polar surface area (TPSA) is 79.3 Å². The average Bonchev–Trinajstić information content (AvgIpc) is 2.94. The van der Waals surface area contributed by atoms with E-state index in [1.54, 1.807) is 9.80 Å². The Balaban J connectivity index is 1.51. The molecule has 28 heavy (non-hydrogen) atoms. The largest absolute Gasteiger partial charge is 0.444 e. The van der Waals surface area contributed by atoms with Crippen LogP contribution in [0.5, 0.6) is 0 Å². The molecule has 0 spiro atoms. The molecule has 2 aliphatic rings. The van der Waals surface area contributed by atoms with Crippen LogP contribution in [0.1, 0.15) is 39.2 Å². The van der Waals surface area contributed by atoms with Crippen LogP contribution in [0.2, 0.25) is 0 Å². The van der Waals surface area contributed by atoms with Crippen molar-refractivity contribution < 1.29 is 24.2 Å². The summed E-state index contributed by atoms with van der Waals surface area (Å²) in [4.78, 5) is 28.1. The molecule has 0 saturated carbocycles. The van der Waals surface area contributed by atoms with Crippen molar-refractivity contribution in [2.24, 2.45) is 0 Å². The smallest absolute Gasteiger partial charge is 0.410 e. The number of aliphatic hydroxyl groups excluding tert-OH is 1. The van der Waals surface area contributed by atoms with Crippen LogP contribution in [0.15, 0.2) is 30.3 Å². The van der Waals surface area contributed by atoms with Crippen LogP contribution in [0, 0.1) is 0 Å². The highest BCUT2D eigenvalue weighted by atomic mass is 16.6. The molecule has 0 radical (unpaired) electrons. The number of benzene rings is 1. The predicted molar refractivity (Wildman–Crippen MR) is 104 cm³/mol. The number of hydrogen-bond acceptors (Lipinski definition) is 5. The molecule has 2 saturated heterocycles. The van der Waals surface area contributed by atoms with E-state index in [1.807, 2.05) is 51.1 Å². The monoisotopic (exact) mass is 390 g/mol. The lowest BCUT2D eigenvalue weighted by molar-refractivity contribution is -0.138. The van der Waals surface area contributed by atoms with Crippen molar-refractivity contribution in [1.82, 2.24) is 9.80 Å². The van der Waals surface area contributed by atoms with Crippen LogP contribution in [-0.2, 0) is 20.9 Å². The van der Waals surface area contributed by atoms with Gasteiger partial charge in [-0.25, -0.2) is 4.79 Å². The number of aliphatic hydroxyl groups is 1. The number of carbonyl (C=O) groups excluding carboxylic acids is 2. The third-order valence-corrected chi connectivity index (χ3v) is 5.13. The van der Waals surface area contributed by atoms with E-state index in [4.69, 9.17) is 9.47 Å².